The second-order valence-electron chi connectivity index (χ2n) is 6.72. The van der Waals surface area contributed by atoms with E-state index in [1.807, 2.05) is 12.1 Å². The van der Waals surface area contributed by atoms with E-state index in [0.29, 0.717) is 16.3 Å². The van der Waals surface area contributed by atoms with E-state index >= 15 is 0 Å². The molecular formula is C21H19ClN4O2S. The molecule has 0 amide bonds. The number of allylic oxidation sites excluding steroid dienone is 1. The first-order valence-corrected chi connectivity index (χ1v) is 11.0. The van der Waals surface area contributed by atoms with Crippen LogP contribution < -0.4 is 10.6 Å². The molecule has 0 atom stereocenters. The molecule has 1 aliphatic rings. The van der Waals surface area contributed by atoms with Crippen molar-refractivity contribution in [2.24, 2.45) is 0 Å². The molecule has 0 saturated heterocycles. The van der Waals surface area contributed by atoms with Gasteiger partial charge in [-0.25, -0.2) is 8.42 Å². The first kappa shape index (κ1) is 20.7. The fourth-order valence-electron chi connectivity index (χ4n) is 3.23. The number of sulfone groups is 1. The van der Waals surface area contributed by atoms with Crippen LogP contribution in [0.2, 0.25) is 5.02 Å². The molecule has 6 nitrogen and oxygen atoms in total. The summed E-state index contributed by atoms with van der Waals surface area (Å²) >= 11 is 5.86. The standard InChI is InChI=1S/C21H19ClN4O2S/c22-16-8-10-19(11-9-16)29(27,28)20(14-24)21(25-17-5-1-2-6-17)26-18-7-3-4-15(12-18)13-23/h3-4,7-12,17,25-26H,1-2,5-6H2/b21-20+. The number of hydrogen-bond donors (Lipinski definition) is 2. The van der Waals surface area contributed by atoms with Gasteiger partial charge in [0.1, 0.15) is 11.9 Å². The molecule has 0 radical (unpaired) electrons. The van der Waals surface area contributed by atoms with Crippen molar-refractivity contribution in [3.63, 3.8) is 0 Å². The van der Waals surface area contributed by atoms with Crippen LogP contribution in [-0.4, -0.2) is 14.5 Å². The number of rotatable bonds is 6. The normalized spacial score (nSPS) is 15.1. The van der Waals surface area contributed by atoms with E-state index < -0.39 is 14.7 Å². The molecule has 2 aromatic rings. The lowest BCUT2D eigenvalue weighted by Crippen LogP contribution is -2.31. The van der Waals surface area contributed by atoms with Crippen molar-refractivity contribution in [2.75, 3.05) is 5.32 Å². The molecular weight excluding hydrogens is 408 g/mol. The van der Waals surface area contributed by atoms with Gasteiger partial charge in [-0.2, -0.15) is 10.5 Å². The molecule has 3 rings (SSSR count). The summed E-state index contributed by atoms with van der Waals surface area (Å²) in [6.07, 6.45) is 3.87. The minimum Gasteiger partial charge on any atom is -0.367 e. The van der Waals surface area contributed by atoms with Crippen LogP contribution in [0.25, 0.3) is 0 Å². The van der Waals surface area contributed by atoms with Gasteiger partial charge in [0, 0.05) is 16.8 Å². The minimum atomic E-state index is -4.07. The van der Waals surface area contributed by atoms with Crippen LogP contribution in [0.1, 0.15) is 31.2 Å². The Labute approximate surface area is 175 Å². The molecule has 2 aromatic carbocycles. The molecule has 0 spiro atoms. The summed E-state index contributed by atoms with van der Waals surface area (Å²) in [5.74, 6) is 0.115. The highest BCUT2D eigenvalue weighted by molar-refractivity contribution is 7.95. The van der Waals surface area contributed by atoms with Gasteiger partial charge in [-0.05, 0) is 55.3 Å². The van der Waals surface area contributed by atoms with Gasteiger partial charge in [-0.15, -0.1) is 0 Å². The Balaban J connectivity index is 2.07. The predicted molar refractivity (Wildman–Crippen MR) is 111 cm³/mol. The zero-order valence-electron chi connectivity index (χ0n) is 15.5. The molecule has 29 heavy (non-hydrogen) atoms. The van der Waals surface area contributed by atoms with Crippen LogP contribution in [0.3, 0.4) is 0 Å². The Hall–Kier alpha value is -3.00. The highest BCUT2D eigenvalue weighted by Crippen LogP contribution is 2.26. The summed E-state index contributed by atoms with van der Waals surface area (Å²) in [5, 5.41) is 25.5. The van der Waals surface area contributed by atoms with E-state index in [9.17, 15) is 13.7 Å². The van der Waals surface area contributed by atoms with Gasteiger partial charge in [0.25, 0.3) is 0 Å². The van der Waals surface area contributed by atoms with Crippen LogP contribution in [0.5, 0.6) is 0 Å². The summed E-state index contributed by atoms with van der Waals surface area (Å²) < 4.78 is 26.3. The van der Waals surface area contributed by atoms with E-state index in [0.717, 1.165) is 25.7 Å². The average Bonchev–Trinajstić information content (AvgIpc) is 3.22. The second-order valence-corrected chi connectivity index (χ2v) is 9.04. The van der Waals surface area contributed by atoms with Gasteiger partial charge < -0.3 is 10.6 Å². The maximum Gasteiger partial charge on any atom is 0.220 e. The minimum absolute atomic E-state index is 0.0169. The molecule has 148 valence electrons. The zero-order valence-corrected chi connectivity index (χ0v) is 17.1. The third-order valence-corrected chi connectivity index (χ3v) is 6.66. The Bertz CT molecular complexity index is 1110. The van der Waals surface area contributed by atoms with Crippen molar-refractivity contribution in [2.45, 2.75) is 36.6 Å². The molecule has 0 bridgehead atoms. The lowest BCUT2D eigenvalue weighted by atomic mass is 10.2. The summed E-state index contributed by atoms with van der Waals surface area (Å²) in [6.45, 7) is 0. The topological polar surface area (TPSA) is 106 Å². The molecule has 1 fully saturated rings. The fourth-order valence-corrected chi connectivity index (χ4v) is 4.58. The van der Waals surface area contributed by atoms with Gasteiger partial charge in [0.05, 0.1) is 16.5 Å². The largest absolute Gasteiger partial charge is 0.367 e. The van der Waals surface area contributed by atoms with Crippen LogP contribution in [-0.2, 0) is 9.84 Å². The monoisotopic (exact) mass is 426 g/mol. The van der Waals surface area contributed by atoms with E-state index in [4.69, 9.17) is 16.9 Å². The Morgan fingerprint density at radius 1 is 1.07 bits per heavy atom. The van der Waals surface area contributed by atoms with E-state index in [1.54, 1.807) is 24.3 Å². The van der Waals surface area contributed by atoms with Gasteiger partial charge in [-0.3, -0.25) is 0 Å². The summed E-state index contributed by atoms with van der Waals surface area (Å²) in [4.78, 5) is -0.425. The van der Waals surface area contributed by atoms with Crippen LogP contribution in [0.4, 0.5) is 5.69 Å². The molecule has 8 heteroatoms. The Kier molecular flexibility index (Phi) is 6.43. The third kappa shape index (κ3) is 4.89. The lowest BCUT2D eigenvalue weighted by molar-refractivity contribution is 0.581. The molecule has 1 saturated carbocycles. The van der Waals surface area contributed by atoms with Gasteiger partial charge in [-0.1, -0.05) is 30.5 Å². The van der Waals surface area contributed by atoms with Crippen molar-refractivity contribution in [1.82, 2.24) is 5.32 Å². The first-order chi connectivity index (χ1) is 13.9. The van der Waals surface area contributed by atoms with Gasteiger partial charge >= 0.3 is 0 Å². The highest BCUT2D eigenvalue weighted by Gasteiger charge is 2.27. The number of nitrogens with zero attached hydrogens (tertiary/aromatic N) is 2. The van der Waals surface area contributed by atoms with Crippen molar-refractivity contribution in [3.8, 4) is 12.1 Å². The Morgan fingerprint density at radius 2 is 1.76 bits per heavy atom. The van der Waals surface area contributed by atoms with Crippen molar-refractivity contribution in [1.29, 1.82) is 10.5 Å². The van der Waals surface area contributed by atoms with Crippen LogP contribution in [0.15, 0.2) is 64.2 Å². The van der Waals surface area contributed by atoms with Crippen LogP contribution in [0, 0.1) is 22.7 Å². The fraction of sp³-hybridized carbons (Fsp3) is 0.238. The predicted octanol–water partition coefficient (Wildman–Crippen LogP) is 4.32. The maximum absolute atomic E-state index is 13.1. The number of halogens is 1. The van der Waals surface area contributed by atoms with Crippen molar-refractivity contribution in [3.05, 3.63) is 69.8 Å². The van der Waals surface area contributed by atoms with E-state index in [2.05, 4.69) is 10.6 Å². The molecule has 0 aliphatic heterocycles. The molecule has 0 heterocycles. The number of benzene rings is 2. The number of nitriles is 2. The molecule has 0 unspecified atom stereocenters. The number of hydrogen-bond acceptors (Lipinski definition) is 6. The van der Waals surface area contributed by atoms with Crippen LogP contribution >= 0.6 is 11.6 Å². The number of nitrogens with one attached hydrogen (secondary N) is 2. The van der Waals surface area contributed by atoms with Crippen molar-refractivity contribution < 1.29 is 8.42 Å². The summed E-state index contributed by atoms with van der Waals surface area (Å²) in [5.41, 5.74) is 0.942. The highest BCUT2D eigenvalue weighted by atomic mass is 35.5. The Morgan fingerprint density at radius 3 is 2.38 bits per heavy atom. The first-order valence-electron chi connectivity index (χ1n) is 9.13. The lowest BCUT2D eigenvalue weighted by Gasteiger charge is -2.20. The SMILES string of the molecule is N#C/C(=C(\Nc1cccc(C#N)c1)NC1CCCC1)S(=O)(=O)c1ccc(Cl)cc1. The van der Waals surface area contributed by atoms with Gasteiger partial charge in [0.15, 0.2) is 4.91 Å². The van der Waals surface area contributed by atoms with E-state index in [-0.39, 0.29) is 16.8 Å². The summed E-state index contributed by atoms with van der Waals surface area (Å²) in [6, 6.07) is 16.3. The molecule has 0 aromatic heterocycles. The second kappa shape index (κ2) is 9.00. The average molecular weight is 427 g/mol. The summed E-state index contributed by atoms with van der Waals surface area (Å²) in [7, 11) is -4.07. The number of anilines is 1. The third-order valence-electron chi connectivity index (χ3n) is 4.69. The van der Waals surface area contributed by atoms with E-state index in [1.165, 1.54) is 24.3 Å². The van der Waals surface area contributed by atoms with Crippen molar-refractivity contribution >= 4 is 27.1 Å². The smallest absolute Gasteiger partial charge is 0.220 e. The van der Waals surface area contributed by atoms with Gasteiger partial charge in [0.2, 0.25) is 9.84 Å². The quantitative estimate of drug-likeness (QED) is 0.666. The molecule has 2 N–H and O–H groups in total. The zero-order chi connectivity index (χ0) is 20.9. The molecule has 1 aliphatic carbocycles. The maximum atomic E-state index is 13.1.